The third kappa shape index (κ3) is 8.13. The summed E-state index contributed by atoms with van der Waals surface area (Å²) in [5.74, 6) is 0. The van der Waals surface area contributed by atoms with Gasteiger partial charge in [-0.3, -0.25) is 0 Å². The van der Waals surface area contributed by atoms with Crippen LogP contribution in [0.25, 0.3) is 0 Å². The molecule has 0 aromatic heterocycles. The Kier molecular flexibility index (Phi) is 11.7. The highest BCUT2D eigenvalue weighted by molar-refractivity contribution is 7.91. The molecule has 0 atom stereocenters. The number of hydrogen-bond acceptors (Lipinski definition) is 5. The molecule has 0 saturated carbocycles. The molecule has 2 heterocycles. The van der Waals surface area contributed by atoms with Crippen molar-refractivity contribution in [3.63, 3.8) is 0 Å². The van der Waals surface area contributed by atoms with E-state index < -0.39 is 19.7 Å². The van der Waals surface area contributed by atoms with Gasteiger partial charge in [0.1, 0.15) is 6.54 Å². The highest BCUT2D eigenvalue weighted by Crippen LogP contribution is 2.49. The fourth-order valence-electron chi connectivity index (χ4n) is 7.23. The van der Waals surface area contributed by atoms with Crippen LogP contribution in [0.5, 0.6) is 0 Å². The van der Waals surface area contributed by atoms with Gasteiger partial charge in [0, 0.05) is 60.0 Å². The van der Waals surface area contributed by atoms with E-state index in [0.717, 1.165) is 72.7 Å². The average Bonchev–Trinajstić information content (AvgIpc) is 3.34. The maximum atomic E-state index is 12.5. The Labute approximate surface area is 285 Å². The lowest BCUT2D eigenvalue weighted by Crippen LogP contribution is -2.28. The van der Waals surface area contributed by atoms with Crippen molar-refractivity contribution in [1.29, 1.82) is 0 Å². The maximum absolute atomic E-state index is 12.5. The molecule has 0 spiro atoms. The van der Waals surface area contributed by atoms with Crippen LogP contribution in [0.15, 0.2) is 70.1 Å². The lowest BCUT2D eigenvalue weighted by atomic mass is 9.81. The zero-order valence-corrected chi connectivity index (χ0v) is 31.7. The van der Waals surface area contributed by atoms with Crippen LogP contribution in [0.4, 0.5) is 11.4 Å². The molecule has 0 fully saturated rings. The van der Waals surface area contributed by atoms with Gasteiger partial charge < -0.3 is 4.90 Å². The van der Waals surface area contributed by atoms with Gasteiger partial charge in [-0.05, 0) is 68.7 Å². The minimum Gasteiger partial charge on any atom is -0.344 e. The molecule has 2 aromatic carbocycles. The Morgan fingerprint density at radius 3 is 1.85 bits per heavy atom. The molecule has 2 aromatic rings. The van der Waals surface area contributed by atoms with Crippen molar-refractivity contribution in [2.24, 2.45) is 0 Å². The van der Waals surface area contributed by atoms with Gasteiger partial charge in [0.05, 0.1) is 15.2 Å². The molecule has 4 rings (SSSR count). The lowest BCUT2D eigenvalue weighted by molar-refractivity contribution is -0.438. The molecular weight excluding hydrogens is 625 g/mol. The second-order valence-corrected chi connectivity index (χ2v) is 18.6. The second kappa shape index (κ2) is 14.8. The van der Waals surface area contributed by atoms with Crippen molar-refractivity contribution in [3.8, 4) is 0 Å². The molecule has 0 N–H and O–H groups in total. The molecule has 2 aliphatic rings. The number of rotatable bonds is 16. The molecule has 258 valence electrons. The molecule has 0 radical (unpaired) electrons. The SMILES string of the molecule is CCCCCCCN1C(=CC=CC2=[N+](CCCCCCC)c3ccc(S(C)(=O)=O)cc3C2(C)C)C(C)(C)c2cc(S(C)(=O)=O)ccc21. The fraction of sp³-hybridized carbons (Fsp3) is 0.564. The molecule has 0 aliphatic carbocycles. The predicted octanol–water partition coefficient (Wildman–Crippen LogP) is 9.05. The summed E-state index contributed by atoms with van der Waals surface area (Å²) in [4.78, 5) is 3.10. The van der Waals surface area contributed by atoms with E-state index in [-0.39, 0.29) is 10.8 Å². The quantitative estimate of drug-likeness (QED) is 0.131. The number of fused-ring (bicyclic) bond motifs is 2. The van der Waals surface area contributed by atoms with E-state index in [1.165, 1.54) is 51.0 Å². The summed E-state index contributed by atoms with van der Waals surface area (Å²) in [6, 6.07) is 11.2. The Bertz CT molecular complexity index is 1760. The fourth-order valence-corrected chi connectivity index (χ4v) is 8.52. The molecule has 0 saturated heterocycles. The third-order valence-corrected chi connectivity index (χ3v) is 12.3. The predicted molar refractivity (Wildman–Crippen MR) is 197 cm³/mol. The van der Waals surface area contributed by atoms with Crippen molar-refractivity contribution in [1.82, 2.24) is 0 Å². The van der Waals surface area contributed by atoms with Crippen molar-refractivity contribution in [2.75, 3.05) is 30.5 Å². The first-order valence-electron chi connectivity index (χ1n) is 17.6. The van der Waals surface area contributed by atoms with Crippen molar-refractivity contribution in [3.05, 3.63) is 71.5 Å². The Balaban J connectivity index is 1.75. The lowest BCUT2D eigenvalue weighted by Gasteiger charge is -2.27. The molecule has 47 heavy (non-hydrogen) atoms. The van der Waals surface area contributed by atoms with Crippen LogP contribution in [0.2, 0.25) is 0 Å². The summed E-state index contributed by atoms with van der Waals surface area (Å²) in [5.41, 5.74) is 5.79. The largest absolute Gasteiger partial charge is 0.344 e. The van der Waals surface area contributed by atoms with Gasteiger partial charge in [0.15, 0.2) is 25.4 Å². The van der Waals surface area contributed by atoms with E-state index >= 15 is 0 Å². The number of allylic oxidation sites excluding steroid dienone is 4. The van der Waals surface area contributed by atoms with Gasteiger partial charge in [-0.15, -0.1) is 0 Å². The molecule has 2 aliphatic heterocycles. The number of anilines is 1. The minimum atomic E-state index is -3.33. The first kappa shape index (κ1) is 37.1. The zero-order valence-electron chi connectivity index (χ0n) is 30.0. The van der Waals surface area contributed by atoms with E-state index in [1.54, 1.807) is 12.1 Å². The van der Waals surface area contributed by atoms with Crippen LogP contribution in [0, 0.1) is 0 Å². The van der Waals surface area contributed by atoms with Crippen LogP contribution < -0.4 is 4.90 Å². The molecule has 0 amide bonds. The normalized spacial score (nSPS) is 18.0. The van der Waals surface area contributed by atoms with Crippen LogP contribution in [-0.2, 0) is 30.5 Å². The van der Waals surface area contributed by atoms with E-state index in [1.807, 2.05) is 24.3 Å². The third-order valence-electron chi connectivity index (χ3n) is 10.1. The molecule has 0 bridgehead atoms. The average molecular weight is 682 g/mol. The summed E-state index contributed by atoms with van der Waals surface area (Å²) >= 11 is 0. The standard InChI is InChI=1S/C39H57N2O4S2/c1-9-11-13-15-17-26-40-34-24-22-30(46(7,42)43)28-32(34)38(3,4)36(40)20-19-21-37-39(5,6)33-29-31(47(8,44)45)23-25-35(33)41(37)27-18-16-14-12-10-2/h19-25,28-29H,9-18,26-27H2,1-8H3/q+1. The first-order chi connectivity index (χ1) is 22.0. The van der Waals surface area contributed by atoms with Gasteiger partial charge >= 0.3 is 0 Å². The summed E-state index contributed by atoms with van der Waals surface area (Å²) in [7, 11) is -6.67. The molecule has 0 unspecified atom stereocenters. The number of benzene rings is 2. The van der Waals surface area contributed by atoms with Crippen molar-refractivity contribution >= 4 is 36.8 Å². The summed E-state index contributed by atoms with van der Waals surface area (Å²) in [6.07, 6.45) is 20.9. The van der Waals surface area contributed by atoms with Crippen LogP contribution in [0.3, 0.4) is 0 Å². The van der Waals surface area contributed by atoms with Crippen molar-refractivity contribution in [2.45, 2.75) is 126 Å². The van der Waals surface area contributed by atoms with Crippen LogP contribution in [0.1, 0.15) is 117 Å². The van der Waals surface area contributed by atoms with Crippen molar-refractivity contribution < 1.29 is 21.4 Å². The number of hydrogen-bond donors (Lipinski definition) is 0. The topological polar surface area (TPSA) is 74.5 Å². The Morgan fingerprint density at radius 1 is 0.702 bits per heavy atom. The van der Waals surface area contributed by atoms with Crippen LogP contribution >= 0.6 is 0 Å². The highest BCUT2D eigenvalue weighted by atomic mass is 32.2. The number of nitrogens with zero attached hydrogens (tertiary/aromatic N) is 2. The highest BCUT2D eigenvalue weighted by Gasteiger charge is 2.45. The van der Waals surface area contributed by atoms with Gasteiger partial charge in [0.25, 0.3) is 0 Å². The molecule has 8 heteroatoms. The summed E-state index contributed by atoms with van der Waals surface area (Å²) in [6.45, 7) is 15.0. The Hall–Kier alpha value is -2.71. The molecular formula is C39H57N2O4S2+. The second-order valence-electron chi connectivity index (χ2n) is 14.6. The Morgan fingerprint density at radius 2 is 1.26 bits per heavy atom. The van der Waals surface area contributed by atoms with Gasteiger partial charge in [-0.1, -0.05) is 78.7 Å². The van der Waals surface area contributed by atoms with Gasteiger partial charge in [0.2, 0.25) is 5.69 Å². The maximum Gasteiger partial charge on any atom is 0.209 e. The minimum absolute atomic E-state index is 0.355. The number of sulfone groups is 2. The van der Waals surface area contributed by atoms with E-state index in [2.05, 4.69) is 69.2 Å². The smallest absolute Gasteiger partial charge is 0.209 e. The van der Waals surface area contributed by atoms with Gasteiger partial charge in [-0.25, -0.2) is 16.8 Å². The van der Waals surface area contributed by atoms with E-state index in [0.29, 0.717) is 9.79 Å². The van der Waals surface area contributed by atoms with Gasteiger partial charge in [-0.2, -0.15) is 4.58 Å². The monoisotopic (exact) mass is 681 g/mol. The first-order valence-corrected chi connectivity index (χ1v) is 21.3. The van der Waals surface area contributed by atoms with E-state index in [9.17, 15) is 16.8 Å². The summed E-state index contributed by atoms with van der Waals surface area (Å²) in [5, 5.41) is 0. The van der Waals surface area contributed by atoms with E-state index in [4.69, 9.17) is 0 Å². The number of unbranched alkanes of at least 4 members (excludes halogenated alkanes) is 8. The zero-order chi connectivity index (χ0) is 34.6. The molecule has 6 nitrogen and oxygen atoms in total. The van der Waals surface area contributed by atoms with Crippen LogP contribution in [-0.4, -0.2) is 52.7 Å². The summed E-state index contributed by atoms with van der Waals surface area (Å²) < 4.78 is 52.4.